The van der Waals surface area contributed by atoms with Gasteiger partial charge in [-0.15, -0.1) is 0 Å². The van der Waals surface area contributed by atoms with E-state index in [0.717, 1.165) is 25.7 Å². The minimum absolute atomic E-state index is 0.00505. The van der Waals surface area contributed by atoms with Crippen molar-refractivity contribution in [1.82, 2.24) is 4.31 Å². The van der Waals surface area contributed by atoms with Crippen LogP contribution in [0.4, 0.5) is 0 Å². The average Bonchev–Trinajstić information content (AvgIpc) is 2.76. The fraction of sp³-hybridized carbons (Fsp3) is 0.917. The van der Waals surface area contributed by atoms with E-state index in [9.17, 15) is 8.42 Å². The summed E-state index contributed by atoms with van der Waals surface area (Å²) in [5, 5.41) is 8.78. The lowest BCUT2D eigenvalue weighted by molar-refractivity contribution is 0.348. The first kappa shape index (κ1) is 14.5. The van der Waals surface area contributed by atoms with Gasteiger partial charge in [-0.3, -0.25) is 0 Å². The highest BCUT2D eigenvalue weighted by atomic mass is 32.2. The summed E-state index contributed by atoms with van der Waals surface area (Å²) in [6.07, 6.45) is 4.63. The Bertz CT molecular complexity index is 364. The summed E-state index contributed by atoms with van der Waals surface area (Å²) in [5.41, 5.74) is 0. The highest BCUT2D eigenvalue weighted by molar-refractivity contribution is 7.89. The Balaban J connectivity index is 2.71. The maximum Gasteiger partial charge on any atom is 0.215 e. The van der Waals surface area contributed by atoms with E-state index in [1.807, 2.05) is 19.9 Å². The van der Waals surface area contributed by atoms with Crippen LogP contribution in [0.2, 0.25) is 0 Å². The number of rotatable bonds is 6. The summed E-state index contributed by atoms with van der Waals surface area (Å²) in [4.78, 5) is 0. The van der Waals surface area contributed by atoms with Crippen molar-refractivity contribution in [1.29, 1.82) is 5.26 Å². The molecular formula is C12H22N2O2S. The molecular weight excluding hydrogens is 236 g/mol. The van der Waals surface area contributed by atoms with Gasteiger partial charge in [0.1, 0.15) is 6.54 Å². The van der Waals surface area contributed by atoms with Crippen LogP contribution in [0, 0.1) is 17.2 Å². The molecule has 0 spiro atoms. The van der Waals surface area contributed by atoms with E-state index in [0.29, 0.717) is 12.3 Å². The van der Waals surface area contributed by atoms with Gasteiger partial charge in [-0.1, -0.05) is 26.7 Å². The third kappa shape index (κ3) is 4.29. The predicted octanol–water partition coefficient (Wildman–Crippen LogP) is 2.13. The summed E-state index contributed by atoms with van der Waals surface area (Å²) in [6.45, 7) is 4.03. The first-order chi connectivity index (χ1) is 7.97. The Morgan fingerprint density at radius 1 is 1.35 bits per heavy atom. The van der Waals surface area contributed by atoms with Crippen LogP contribution in [0.25, 0.3) is 0 Å². The van der Waals surface area contributed by atoms with Crippen LogP contribution in [-0.4, -0.2) is 31.1 Å². The zero-order valence-electron chi connectivity index (χ0n) is 10.7. The lowest BCUT2D eigenvalue weighted by Gasteiger charge is -2.25. The van der Waals surface area contributed by atoms with Crippen LogP contribution >= 0.6 is 0 Å². The molecule has 1 fully saturated rings. The molecule has 1 saturated carbocycles. The molecule has 4 nitrogen and oxygen atoms in total. The largest absolute Gasteiger partial charge is 0.215 e. The third-order valence-corrected chi connectivity index (χ3v) is 5.16. The van der Waals surface area contributed by atoms with Gasteiger partial charge in [0, 0.05) is 6.04 Å². The molecule has 0 aromatic carbocycles. The summed E-state index contributed by atoms with van der Waals surface area (Å²) < 4.78 is 25.8. The summed E-state index contributed by atoms with van der Waals surface area (Å²) >= 11 is 0. The molecule has 0 amide bonds. The molecule has 0 heterocycles. The van der Waals surface area contributed by atoms with Crippen LogP contribution in [0.3, 0.4) is 0 Å². The summed E-state index contributed by atoms with van der Waals surface area (Å²) in [7, 11) is -3.25. The van der Waals surface area contributed by atoms with E-state index in [-0.39, 0.29) is 18.3 Å². The van der Waals surface area contributed by atoms with E-state index in [1.165, 1.54) is 4.31 Å². The van der Waals surface area contributed by atoms with Gasteiger partial charge in [-0.25, -0.2) is 8.42 Å². The minimum atomic E-state index is -3.25. The lowest BCUT2D eigenvalue weighted by atomic mass is 10.2. The Hall–Kier alpha value is -0.600. The average molecular weight is 258 g/mol. The van der Waals surface area contributed by atoms with Crippen molar-refractivity contribution < 1.29 is 8.42 Å². The van der Waals surface area contributed by atoms with Crippen LogP contribution in [0.15, 0.2) is 0 Å². The van der Waals surface area contributed by atoms with E-state index in [1.54, 1.807) is 0 Å². The van der Waals surface area contributed by atoms with Crippen molar-refractivity contribution in [3.05, 3.63) is 0 Å². The molecule has 0 N–H and O–H groups in total. The third-order valence-electron chi connectivity index (χ3n) is 3.27. The molecule has 1 aliphatic carbocycles. The fourth-order valence-electron chi connectivity index (χ4n) is 2.22. The molecule has 0 aliphatic heterocycles. The molecule has 0 aromatic heterocycles. The van der Waals surface area contributed by atoms with E-state index in [4.69, 9.17) is 5.26 Å². The van der Waals surface area contributed by atoms with E-state index >= 15 is 0 Å². The summed E-state index contributed by atoms with van der Waals surface area (Å²) in [6, 6.07) is 2.05. The molecule has 0 saturated heterocycles. The van der Waals surface area contributed by atoms with Gasteiger partial charge in [0.25, 0.3) is 0 Å². The number of hydrogen-bond donors (Lipinski definition) is 0. The molecule has 0 bridgehead atoms. The quantitative estimate of drug-likeness (QED) is 0.686. The SMILES string of the molecule is CC(C)CCS(=O)(=O)N(CC#N)C1CCCC1. The Kier molecular flexibility index (Phi) is 5.41. The number of nitrogens with zero attached hydrogens (tertiary/aromatic N) is 2. The molecule has 1 aliphatic rings. The minimum Gasteiger partial charge on any atom is -0.212 e. The van der Waals surface area contributed by atoms with Gasteiger partial charge in [0.2, 0.25) is 10.0 Å². The van der Waals surface area contributed by atoms with Crippen LogP contribution in [-0.2, 0) is 10.0 Å². The fourth-order valence-corrected chi connectivity index (χ4v) is 4.14. The summed E-state index contributed by atoms with van der Waals surface area (Å²) in [5.74, 6) is 0.542. The highest BCUT2D eigenvalue weighted by Crippen LogP contribution is 2.26. The molecule has 5 heteroatoms. The van der Waals surface area contributed by atoms with Gasteiger partial charge in [-0.05, 0) is 25.2 Å². The van der Waals surface area contributed by atoms with Gasteiger partial charge in [-0.2, -0.15) is 9.57 Å². The molecule has 0 atom stereocenters. The standard InChI is InChI=1S/C12H22N2O2S/c1-11(2)7-10-17(15,16)14(9-8-13)12-5-3-4-6-12/h11-12H,3-7,9-10H2,1-2H3. The smallest absolute Gasteiger partial charge is 0.212 e. The highest BCUT2D eigenvalue weighted by Gasteiger charge is 2.31. The van der Waals surface area contributed by atoms with Gasteiger partial charge in [0.05, 0.1) is 11.8 Å². The second-order valence-corrected chi connectivity index (χ2v) is 7.18. The topological polar surface area (TPSA) is 61.2 Å². The van der Waals surface area contributed by atoms with Crippen molar-refractivity contribution in [2.75, 3.05) is 12.3 Å². The van der Waals surface area contributed by atoms with Crippen LogP contribution in [0.1, 0.15) is 46.0 Å². The van der Waals surface area contributed by atoms with Crippen molar-refractivity contribution in [3.8, 4) is 6.07 Å². The van der Waals surface area contributed by atoms with Gasteiger partial charge in [0.15, 0.2) is 0 Å². The zero-order chi connectivity index (χ0) is 12.9. The molecule has 98 valence electrons. The second-order valence-electron chi connectivity index (χ2n) is 5.14. The predicted molar refractivity (Wildman–Crippen MR) is 67.8 cm³/mol. The molecule has 1 rings (SSSR count). The maximum absolute atomic E-state index is 12.2. The number of sulfonamides is 1. The van der Waals surface area contributed by atoms with Crippen molar-refractivity contribution in [2.24, 2.45) is 5.92 Å². The van der Waals surface area contributed by atoms with Gasteiger partial charge >= 0.3 is 0 Å². The van der Waals surface area contributed by atoms with E-state index < -0.39 is 10.0 Å². The zero-order valence-corrected chi connectivity index (χ0v) is 11.5. The van der Waals surface area contributed by atoms with E-state index in [2.05, 4.69) is 0 Å². The Morgan fingerprint density at radius 2 is 1.94 bits per heavy atom. The Labute approximate surface area is 105 Å². The first-order valence-electron chi connectivity index (χ1n) is 6.34. The normalized spacial score (nSPS) is 17.8. The first-order valence-corrected chi connectivity index (χ1v) is 7.94. The Morgan fingerprint density at radius 3 is 2.41 bits per heavy atom. The van der Waals surface area contributed by atoms with Crippen LogP contribution < -0.4 is 0 Å². The second kappa shape index (κ2) is 6.36. The molecule has 17 heavy (non-hydrogen) atoms. The van der Waals surface area contributed by atoms with Gasteiger partial charge < -0.3 is 0 Å². The van der Waals surface area contributed by atoms with Crippen molar-refractivity contribution in [3.63, 3.8) is 0 Å². The number of nitriles is 1. The van der Waals surface area contributed by atoms with Crippen LogP contribution in [0.5, 0.6) is 0 Å². The van der Waals surface area contributed by atoms with Crippen molar-refractivity contribution >= 4 is 10.0 Å². The monoisotopic (exact) mass is 258 g/mol. The molecule has 0 unspecified atom stereocenters. The molecule has 0 radical (unpaired) electrons. The van der Waals surface area contributed by atoms with Crippen molar-refractivity contribution in [2.45, 2.75) is 52.0 Å². The molecule has 0 aromatic rings. The number of hydrogen-bond acceptors (Lipinski definition) is 3. The lowest BCUT2D eigenvalue weighted by Crippen LogP contribution is -2.40. The maximum atomic E-state index is 12.2.